The average Bonchev–Trinajstić information content (AvgIpc) is 2.82. The van der Waals surface area contributed by atoms with E-state index in [0.29, 0.717) is 0 Å². The maximum absolute atomic E-state index is 6.05. The normalized spacial score (nSPS) is 18.7. The van der Waals surface area contributed by atoms with Crippen LogP contribution >= 0.6 is 0 Å². The molecule has 3 rings (SSSR count). The Bertz CT molecular complexity index is 739. The lowest BCUT2D eigenvalue weighted by Crippen LogP contribution is -2.41. The number of azo groups is 1. The summed E-state index contributed by atoms with van der Waals surface area (Å²) in [5.41, 5.74) is 1.84. The van der Waals surface area contributed by atoms with Crippen LogP contribution in [0.4, 0.5) is 11.4 Å². The Morgan fingerprint density at radius 1 is 0.760 bits per heavy atom. The first kappa shape index (κ1) is 17.6. The SMILES string of the molecule is COc1ccc(N=Nc2ccc(B3OC(C)(C)C(C)(C)O3)cc2)cc1. The number of hydrogen-bond acceptors (Lipinski definition) is 5. The molecule has 0 saturated carbocycles. The van der Waals surface area contributed by atoms with Gasteiger partial charge in [-0.3, -0.25) is 0 Å². The Kier molecular flexibility index (Phi) is 4.67. The molecule has 1 saturated heterocycles. The van der Waals surface area contributed by atoms with E-state index in [2.05, 4.69) is 10.2 Å². The first-order valence-corrected chi connectivity index (χ1v) is 8.32. The maximum Gasteiger partial charge on any atom is 0.494 e. The van der Waals surface area contributed by atoms with Crippen LogP contribution in [0.25, 0.3) is 0 Å². The van der Waals surface area contributed by atoms with Gasteiger partial charge in [-0.1, -0.05) is 12.1 Å². The molecule has 0 atom stereocenters. The van der Waals surface area contributed by atoms with Crippen molar-refractivity contribution >= 4 is 24.0 Å². The Balaban J connectivity index is 1.69. The first-order valence-electron chi connectivity index (χ1n) is 8.32. The lowest BCUT2D eigenvalue weighted by molar-refractivity contribution is 0.00578. The summed E-state index contributed by atoms with van der Waals surface area (Å²) in [5, 5.41) is 8.49. The van der Waals surface area contributed by atoms with E-state index in [4.69, 9.17) is 14.0 Å². The first-order chi connectivity index (χ1) is 11.8. The van der Waals surface area contributed by atoms with Gasteiger partial charge in [0, 0.05) is 0 Å². The third-order valence-corrected chi connectivity index (χ3v) is 4.77. The maximum atomic E-state index is 6.05. The fourth-order valence-electron chi connectivity index (χ4n) is 2.44. The van der Waals surface area contributed by atoms with Crippen molar-refractivity contribution in [1.29, 1.82) is 0 Å². The van der Waals surface area contributed by atoms with Crippen LogP contribution < -0.4 is 10.2 Å². The molecule has 1 aliphatic heterocycles. The highest BCUT2D eigenvalue weighted by Crippen LogP contribution is 2.36. The topological polar surface area (TPSA) is 52.4 Å². The molecule has 0 radical (unpaired) electrons. The molecule has 0 bridgehead atoms. The Morgan fingerprint density at radius 3 is 1.64 bits per heavy atom. The van der Waals surface area contributed by atoms with Crippen LogP contribution in [0.2, 0.25) is 0 Å². The van der Waals surface area contributed by atoms with Gasteiger partial charge in [0.05, 0.1) is 29.7 Å². The molecular weight excluding hydrogens is 315 g/mol. The zero-order chi connectivity index (χ0) is 18.1. The van der Waals surface area contributed by atoms with Crippen molar-refractivity contribution in [1.82, 2.24) is 0 Å². The van der Waals surface area contributed by atoms with Gasteiger partial charge in [0.25, 0.3) is 0 Å². The molecule has 0 unspecified atom stereocenters. The third-order valence-electron chi connectivity index (χ3n) is 4.77. The average molecular weight is 338 g/mol. The summed E-state index contributed by atoms with van der Waals surface area (Å²) in [6.07, 6.45) is 0. The summed E-state index contributed by atoms with van der Waals surface area (Å²) in [5.74, 6) is 0.797. The van der Waals surface area contributed by atoms with Gasteiger partial charge < -0.3 is 14.0 Å². The van der Waals surface area contributed by atoms with Crippen molar-refractivity contribution in [2.24, 2.45) is 10.2 Å². The second-order valence-electron chi connectivity index (χ2n) is 7.08. The molecule has 0 N–H and O–H groups in total. The molecule has 0 amide bonds. The van der Waals surface area contributed by atoms with Gasteiger partial charge in [-0.15, -0.1) is 0 Å². The van der Waals surface area contributed by atoms with Gasteiger partial charge in [0.15, 0.2) is 0 Å². The lowest BCUT2D eigenvalue weighted by atomic mass is 9.79. The van der Waals surface area contributed by atoms with Crippen LogP contribution in [0, 0.1) is 0 Å². The summed E-state index contributed by atoms with van der Waals surface area (Å²) in [7, 11) is 1.27. The minimum absolute atomic E-state index is 0.343. The van der Waals surface area contributed by atoms with E-state index in [0.717, 1.165) is 22.6 Å². The van der Waals surface area contributed by atoms with E-state index in [-0.39, 0.29) is 18.3 Å². The molecule has 2 aromatic carbocycles. The van der Waals surface area contributed by atoms with Gasteiger partial charge in [0.2, 0.25) is 0 Å². The van der Waals surface area contributed by atoms with Gasteiger partial charge in [-0.2, -0.15) is 10.2 Å². The van der Waals surface area contributed by atoms with E-state index in [1.165, 1.54) is 0 Å². The quantitative estimate of drug-likeness (QED) is 0.613. The van der Waals surface area contributed by atoms with E-state index in [9.17, 15) is 0 Å². The number of benzene rings is 2. The second-order valence-corrected chi connectivity index (χ2v) is 7.08. The third kappa shape index (κ3) is 3.75. The van der Waals surface area contributed by atoms with Crippen molar-refractivity contribution in [3.05, 3.63) is 48.5 Å². The Hall–Kier alpha value is -2.18. The molecule has 5 nitrogen and oxygen atoms in total. The van der Waals surface area contributed by atoms with Crippen LogP contribution in [0.3, 0.4) is 0 Å². The minimum Gasteiger partial charge on any atom is -0.497 e. The van der Waals surface area contributed by atoms with Crippen LogP contribution in [-0.2, 0) is 9.31 Å². The molecular formula is C19H23BN2O3. The number of hydrogen-bond donors (Lipinski definition) is 0. The van der Waals surface area contributed by atoms with Crippen molar-refractivity contribution in [3.8, 4) is 5.75 Å². The van der Waals surface area contributed by atoms with Gasteiger partial charge >= 0.3 is 7.12 Å². The fourth-order valence-corrected chi connectivity index (χ4v) is 2.44. The molecule has 130 valence electrons. The minimum atomic E-state index is -0.363. The zero-order valence-corrected chi connectivity index (χ0v) is 15.3. The fraction of sp³-hybridized carbons (Fsp3) is 0.368. The van der Waals surface area contributed by atoms with Crippen molar-refractivity contribution in [2.45, 2.75) is 38.9 Å². The summed E-state index contributed by atoms with van der Waals surface area (Å²) in [4.78, 5) is 0. The number of methoxy groups -OCH3 is 1. The molecule has 1 fully saturated rings. The number of ether oxygens (including phenoxy) is 1. The lowest BCUT2D eigenvalue weighted by Gasteiger charge is -2.32. The Morgan fingerprint density at radius 2 is 1.20 bits per heavy atom. The standard InChI is InChI=1S/C19H23BN2O3/c1-18(2)19(3,4)25-20(24-18)14-6-8-15(9-7-14)21-22-16-10-12-17(23-5)13-11-16/h6-13H,1-5H3. The molecule has 6 heteroatoms. The van der Waals surface area contributed by atoms with Crippen LogP contribution in [0.5, 0.6) is 5.75 Å². The molecule has 2 aromatic rings. The summed E-state index contributed by atoms with van der Waals surface area (Å²) < 4.78 is 17.2. The van der Waals surface area contributed by atoms with Crippen LogP contribution in [-0.4, -0.2) is 25.4 Å². The second kappa shape index (κ2) is 6.62. The molecule has 25 heavy (non-hydrogen) atoms. The van der Waals surface area contributed by atoms with Gasteiger partial charge in [-0.25, -0.2) is 0 Å². The monoisotopic (exact) mass is 338 g/mol. The van der Waals surface area contributed by atoms with E-state index in [1.807, 2.05) is 76.2 Å². The summed E-state index contributed by atoms with van der Waals surface area (Å²) in [6, 6.07) is 15.2. The smallest absolute Gasteiger partial charge is 0.494 e. The van der Waals surface area contributed by atoms with Crippen molar-refractivity contribution < 1.29 is 14.0 Å². The largest absolute Gasteiger partial charge is 0.497 e. The van der Waals surface area contributed by atoms with Gasteiger partial charge in [-0.05, 0) is 69.6 Å². The number of nitrogens with zero attached hydrogens (tertiary/aromatic N) is 2. The highest BCUT2D eigenvalue weighted by molar-refractivity contribution is 6.62. The zero-order valence-electron chi connectivity index (χ0n) is 15.3. The highest BCUT2D eigenvalue weighted by Gasteiger charge is 2.51. The Labute approximate surface area is 149 Å². The predicted molar refractivity (Wildman–Crippen MR) is 99.3 cm³/mol. The summed E-state index contributed by atoms with van der Waals surface area (Å²) >= 11 is 0. The summed E-state index contributed by atoms with van der Waals surface area (Å²) in [6.45, 7) is 8.18. The van der Waals surface area contributed by atoms with E-state index in [1.54, 1.807) is 7.11 Å². The molecule has 1 heterocycles. The van der Waals surface area contributed by atoms with E-state index < -0.39 is 0 Å². The van der Waals surface area contributed by atoms with Gasteiger partial charge in [0.1, 0.15) is 5.75 Å². The molecule has 0 aromatic heterocycles. The van der Waals surface area contributed by atoms with Crippen molar-refractivity contribution in [2.75, 3.05) is 7.11 Å². The van der Waals surface area contributed by atoms with E-state index >= 15 is 0 Å². The van der Waals surface area contributed by atoms with Crippen LogP contribution in [0.15, 0.2) is 58.8 Å². The molecule has 0 aliphatic carbocycles. The van der Waals surface area contributed by atoms with Crippen LogP contribution in [0.1, 0.15) is 27.7 Å². The molecule has 0 spiro atoms. The number of rotatable bonds is 4. The highest BCUT2D eigenvalue weighted by atomic mass is 16.7. The molecule has 1 aliphatic rings. The predicted octanol–water partition coefficient (Wildman–Crippen LogP) is 4.41. The van der Waals surface area contributed by atoms with Crippen molar-refractivity contribution in [3.63, 3.8) is 0 Å².